The van der Waals surface area contributed by atoms with Gasteiger partial charge in [-0.15, -0.1) is 0 Å². The van der Waals surface area contributed by atoms with Gasteiger partial charge in [0.15, 0.2) is 0 Å². The third kappa shape index (κ3) is 5.68. The van der Waals surface area contributed by atoms with Crippen LogP contribution in [0.25, 0.3) is 0 Å². The van der Waals surface area contributed by atoms with Gasteiger partial charge in [-0.1, -0.05) is 12.8 Å². The highest BCUT2D eigenvalue weighted by molar-refractivity contribution is 4.83. The molecule has 3 nitrogen and oxygen atoms in total. The predicted octanol–water partition coefficient (Wildman–Crippen LogP) is 2.65. The molecule has 0 bridgehead atoms. The van der Waals surface area contributed by atoms with Gasteiger partial charge in [-0.3, -0.25) is 4.90 Å². The van der Waals surface area contributed by atoms with E-state index in [2.05, 4.69) is 37.9 Å². The smallest absolute Gasteiger partial charge is 0.0630 e. The fourth-order valence-corrected chi connectivity index (χ4v) is 2.73. The molecule has 2 atom stereocenters. The number of rotatable bonds is 5. The molecule has 0 aromatic rings. The molecule has 1 N–H and O–H groups in total. The van der Waals surface area contributed by atoms with Crippen LogP contribution in [-0.2, 0) is 4.74 Å². The second-order valence-electron chi connectivity index (χ2n) is 6.68. The second-order valence-corrected chi connectivity index (χ2v) is 6.68. The van der Waals surface area contributed by atoms with Crippen LogP contribution in [0, 0.1) is 0 Å². The number of ether oxygens (including phenoxy) is 1. The molecule has 3 heteroatoms. The number of methoxy groups -OCH3 is 1. The van der Waals surface area contributed by atoms with E-state index in [4.69, 9.17) is 4.74 Å². The maximum Gasteiger partial charge on any atom is 0.0630 e. The Hall–Kier alpha value is -0.120. The van der Waals surface area contributed by atoms with Crippen molar-refractivity contribution in [1.29, 1.82) is 0 Å². The van der Waals surface area contributed by atoms with Gasteiger partial charge in [-0.2, -0.15) is 0 Å². The fourth-order valence-electron chi connectivity index (χ4n) is 2.73. The SMILES string of the molecule is COCC(CNC(C)(C)C)N1CCCCCC1C. The Kier molecular flexibility index (Phi) is 6.61. The van der Waals surface area contributed by atoms with Gasteiger partial charge in [-0.05, 0) is 47.1 Å². The number of likely N-dealkylation sites (tertiary alicyclic amines) is 1. The van der Waals surface area contributed by atoms with Crippen LogP contribution >= 0.6 is 0 Å². The molecule has 2 unspecified atom stereocenters. The highest BCUT2D eigenvalue weighted by Gasteiger charge is 2.25. The molecule has 0 amide bonds. The van der Waals surface area contributed by atoms with Crippen molar-refractivity contribution in [3.05, 3.63) is 0 Å². The van der Waals surface area contributed by atoms with Gasteiger partial charge in [0, 0.05) is 31.3 Å². The molecular weight excluding hydrogens is 224 g/mol. The maximum atomic E-state index is 5.43. The molecule has 18 heavy (non-hydrogen) atoms. The summed E-state index contributed by atoms with van der Waals surface area (Å²) in [4.78, 5) is 2.65. The fraction of sp³-hybridized carbons (Fsp3) is 1.00. The summed E-state index contributed by atoms with van der Waals surface area (Å²) in [6, 6.07) is 1.19. The zero-order valence-electron chi connectivity index (χ0n) is 13.0. The lowest BCUT2D eigenvalue weighted by atomic mass is 10.1. The molecule has 0 spiro atoms. The third-order valence-electron chi connectivity index (χ3n) is 3.80. The summed E-state index contributed by atoms with van der Waals surface area (Å²) in [6.45, 7) is 12.1. The minimum Gasteiger partial charge on any atom is -0.383 e. The van der Waals surface area contributed by atoms with Crippen molar-refractivity contribution in [2.24, 2.45) is 0 Å². The van der Waals surface area contributed by atoms with Gasteiger partial charge >= 0.3 is 0 Å². The van der Waals surface area contributed by atoms with Crippen LogP contribution in [0.5, 0.6) is 0 Å². The lowest BCUT2D eigenvalue weighted by Gasteiger charge is -2.36. The lowest BCUT2D eigenvalue weighted by molar-refractivity contribution is 0.0632. The summed E-state index contributed by atoms with van der Waals surface area (Å²) in [6.07, 6.45) is 5.42. The van der Waals surface area contributed by atoms with Gasteiger partial charge in [0.25, 0.3) is 0 Å². The number of nitrogens with one attached hydrogen (secondary N) is 1. The number of hydrogen-bond acceptors (Lipinski definition) is 3. The van der Waals surface area contributed by atoms with Crippen molar-refractivity contribution in [3.63, 3.8) is 0 Å². The Labute approximate surface area is 113 Å². The largest absolute Gasteiger partial charge is 0.383 e. The molecule has 0 saturated carbocycles. The lowest BCUT2D eigenvalue weighted by Crippen LogP contribution is -2.52. The van der Waals surface area contributed by atoms with Crippen LogP contribution in [0.15, 0.2) is 0 Å². The molecule has 1 fully saturated rings. The van der Waals surface area contributed by atoms with Gasteiger partial charge in [0.1, 0.15) is 0 Å². The van der Waals surface area contributed by atoms with Crippen LogP contribution in [0.2, 0.25) is 0 Å². The van der Waals surface area contributed by atoms with E-state index in [0.29, 0.717) is 12.1 Å². The number of hydrogen-bond donors (Lipinski definition) is 1. The average molecular weight is 256 g/mol. The first kappa shape index (κ1) is 15.9. The van der Waals surface area contributed by atoms with Gasteiger partial charge < -0.3 is 10.1 Å². The molecule has 108 valence electrons. The van der Waals surface area contributed by atoms with Crippen molar-refractivity contribution >= 4 is 0 Å². The Morgan fingerprint density at radius 2 is 2.00 bits per heavy atom. The van der Waals surface area contributed by atoms with E-state index in [1.165, 1.54) is 32.2 Å². The van der Waals surface area contributed by atoms with Crippen molar-refractivity contribution in [3.8, 4) is 0 Å². The van der Waals surface area contributed by atoms with E-state index in [1.807, 2.05) is 7.11 Å². The minimum atomic E-state index is 0.182. The summed E-state index contributed by atoms with van der Waals surface area (Å²) >= 11 is 0. The minimum absolute atomic E-state index is 0.182. The molecule has 1 saturated heterocycles. The van der Waals surface area contributed by atoms with Crippen LogP contribution < -0.4 is 5.32 Å². The Balaban J connectivity index is 2.57. The zero-order chi connectivity index (χ0) is 13.6. The predicted molar refractivity (Wildman–Crippen MR) is 78.1 cm³/mol. The van der Waals surface area contributed by atoms with Crippen molar-refractivity contribution < 1.29 is 4.74 Å². The topological polar surface area (TPSA) is 24.5 Å². The van der Waals surface area contributed by atoms with Gasteiger partial charge in [-0.25, -0.2) is 0 Å². The van der Waals surface area contributed by atoms with E-state index in [1.54, 1.807) is 0 Å². The monoisotopic (exact) mass is 256 g/mol. The second kappa shape index (κ2) is 7.46. The highest BCUT2D eigenvalue weighted by Crippen LogP contribution is 2.19. The molecule has 1 heterocycles. The first-order valence-corrected chi connectivity index (χ1v) is 7.44. The zero-order valence-corrected chi connectivity index (χ0v) is 13.0. The van der Waals surface area contributed by atoms with Crippen molar-refractivity contribution in [2.75, 3.05) is 26.8 Å². The standard InChI is InChI=1S/C15H32N2O/c1-13-9-7-6-8-10-17(13)14(12-18-5)11-16-15(2,3)4/h13-14,16H,6-12H2,1-5H3. The Morgan fingerprint density at radius 3 is 2.61 bits per heavy atom. The molecule has 0 aromatic carbocycles. The summed E-state index contributed by atoms with van der Waals surface area (Å²) in [7, 11) is 1.81. The van der Waals surface area contributed by atoms with E-state index in [9.17, 15) is 0 Å². The normalized spacial score (nSPS) is 24.8. The van der Waals surface area contributed by atoms with E-state index < -0.39 is 0 Å². The first-order valence-electron chi connectivity index (χ1n) is 7.44. The summed E-state index contributed by atoms with van der Waals surface area (Å²) in [5.74, 6) is 0. The summed E-state index contributed by atoms with van der Waals surface area (Å²) < 4.78 is 5.43. The molecule has 0 aliphatic carbocycles. The maximum absolute atomic E-state index is 5.43. The van der Waals surface area contributed by atoms with Crippen molar-refractivity contribution in [1.82, 2.24) is 10.2 Å². The molecule has 0 aromatic heterocycles. The Bertz CT molecular complexity index is 225. The summed E-state index contributed by atoms with van der Waals surface area (Å²) in [5.41, 5.74) is 0.182. The van der Waals surface area contributed by atoms with E-state index >= 15 is 0 Å². The van der Waals surface area contributed by atoms with Crippen LogP contribution in [0.1, 0.15) is 53.4 Å². The third-order valence-corrected chi connectivity index (χ3v) is 3.80. The summed E-state index contributed by atoms with van der Waals surface area (Å²) in [5, 5.41) is 3.62. The first-order chi connectivity index (χ1) is 8.44. The van der Waals surface area contributed by atoms with Gasteiger partial charge in [0.05, 0.1) is 6.61 Å². The average Bonchev–Trinajstić information content (AvgIpc) is 2.48. The van der Waals surface area contributed by atoms with E-state index in [0.717, 1.165) is 13.2 Å². The quantitative estimate of drug-likeness (QED) is 0.818. The molecule has 1 rings (SSSR count). The molecule has 1 aliphatic heterocycles. The number of nitrogens with zero attached hydrogens (tertiary/aromatic N) is 1. The van der Waals surface area contributed by atoms with Crippen molar-refractivity contribution in [2.45, 2.75) is 71.0 Å². The molecule has 1 aliphatic rings. The Morgan fingerprint density at radius 1 is 1.28 bits per heavy atom. The molecule has 0 radical (unpaired) electrons. The van der Waals surface area contributed by atoms with Gasteiger partial charge in [0.2, 0.25) is 0 Å². The van der Waals surface area contributed by atoms with Crippen LogP contribution in [0.4, 0.5) is 0 Å². The van der Waals surface area contributed by atoms with E-state index in [-0.39, 0.29) is 5.54 Å². The van der Waals surface area contributed by atoms with Crippen LogP contribution in [0.3, 0.4) is 0 Å². The van der Waals surface area contributed by atoms with Crippen LogP contribution in [-0.4, -0.2) is 49.3 Å². The highest BCUT2D eigenvalue weighted by atomic mass is 16.5. The molecular formula is C15H32N2O.